The van der Waals surface area contributed by atoms with Crippen LogP contribution < -0.4 is 0 Å². The van der Waals surface area contributed by atoms with Crippen LogP contribution in [0.3, 0.4) is 0 Å². The first-order valence-electron chi connectivity index (χ1n) is 4.81. The number of halogens is 2. The minimum absolute atomic E-state index is 0.208. The van der Waals surface area contributed by atoms with E-state index in [2.05, 4.69) is 6.58 Å². The molecule has 0 aromatic heterocycles. The van der Waals surface area contributed by atoms with Crippen LogP contribution in [-0.2, 0) is 4.79 Å². The Balaban J connectivity index is 2.71. The Kier molecular flexibility index (Phi) is 3.24. The lowest BCUT2D eigenvalue weighted by Crippen LogP contribution is -2.35. The third kappa shape index (κ3) is 2.30. The first-order chi connectivity index (χ1) is 6.50. The van der Waals surface area contributed by atoms with Crippen molar-refractivity contribution in [3.63, 3.8) is 0 Å². The molecule has 1 heterocycles. The molecule has 14 heavy (non-hydrogen) atoms. The fourth-order valence-electron chi connectivity index (χ4n) is 1.86. The Morgan fingerprint density at radius 1 is 1.71 bits per heavy atom. The van der Waals surface area contributed by atoms with Crippen molar-refractivity contribution in [1.82, 2.24) is 4.90 Å². The molecular formula is C10H15F2NO. The Hall–Kier alpha value is -0.930. The van der Waals surface area contributed by atoms with Crippen molar-refractivity contribution in [1.29, 1.82) is 0 Å². The van der Waals surface area contributed by atoms with Gasteiger partial charge in [-0.25, -0.2) is 8.78 Å². The maximum absolute atomic E-state index is 13.0. The van der Waals surface area contributed by atoms with Gasteiger partial charge in [0, 0.05) is 12.5 Å². The second-order valence-electron chi connectivity index (χ2n) is 3.67. The van der Waals surface area contributed by atoms with Gasteiger partial charge in [-0.15, -0.1) is 0 Å². The van der Waals surface area contributed by atoms with Crippen LogP contribution in [0.4, 0.5) is 8.78 Å². The third-order valence-electron chi connectivity index (χ3n) is 2.46. The molecule has 0 aromatic rings. The lowest BCUT2D eigenvalue weighted by molar-refractivity contribution is -0.128. The highest BCUT2D eigenvalue weighted by atomic mass is 19.3. The molecule has 0 bridgehead atoms. The van der Waals surface area contributed by atoms with Crippen molar-refractivity contribution >= 4 is 5.91 Å². The molecule has 2 nitrogen and oxygen atoms in total. The summed E-state index contributed by atoms with van der Waals surface area (Å²) in [6.45, 7) is 4.78. The highest BCUT2D eigenvalue weighted by Crippen LogP contribution is 2.34. The van der Waals surface area contributed by atoms with E-state index in [1.807, 2.05) is 6.92 Å². The summed E-state index contributed by atoms with van der Waals surface area (Å²) in [4.78, 5) is 12.5. The monoisotopic (exact) mass is 203 g/mol. The van der Waals surface area contributed by atoms with Crippen molar-refractivity contribution in [3.05, 3.63) is 12.7 Å². The van der Waals surface area contributed by atoms with Gasteiger partial charge in [-0.05, 0) is 12.5 Å². The number of hydrogen-bond donors (Lipinski definition) is 0. The summed E-state index contributed by atoms with van der Waals surface area (Å²) in [5.74, 6) is -3.11. The zero-order valence-electron chi connectivity index (χ0n) is 8.30. The van der Waals surface area contributed by atoms with Gasteiger partial charge in [-0.1, -0.05) is 19.9 Å². The third-order valence-corrected chi connectivity index (χ3v) is 2.46. The SMILES string of the molecule is C=CC(=O)N1CC(F)(F)CC1CCC. The zero-order chi connectivity index (χ0) is 10.8. The van der Waals surface area contributed by atoms with E-state index in [1.54, 1.807) is 0 Å². The molecule has 1 amide bonds. The van der Waals surface area contributed by atoms with Crippen LogP contribution in [-0.4, -0.2) is 29.3 Å². The first kappa shape index (κ1) is 11.1. The number of carbonyl (C=O) groups excluding carboxylic acids is 1. The second kappa shape index (κ2) is 4.07. The van der Waals surface area contributed by atoms with Gasteiger partial charge < -0.3 is 4.90 Å². The minimum Gasteiger partial charge on any atom is -0.330 e. The van der Waals surface area contributed by atoms with Crippen molar-refractivity contribution in [3.8, 4) is 0 Å². The molecule has 1 saturated heterocycles. The standard InChI is InChI=1S/C10H15F2NO/c1-3-5-8-6-10(11,12)7-13(8)9(14)4-2/h4,8H,2-3,5-7H2,1H3. The molecule has 1 atom stereocenters. The van der Waals surface area contributed by atoms with Crippen LogP contribution in [0.5, 0.6) is 0 Å². The van der Waals surface area contributed by atoms with E-state index in [0.29, 0.717) is 6.42 Å². The second-order valence-corrected chi connectivity index (χ2v) is 3.67. The predicted octanol–water partition coefficient (Wildman–Crippen LogP) is 2.21. The fourth-order valence-corrected chi connectivity index (χ4v) is 1.86. The van der Waals surface area contributed by atoms with Crippen LogP contribution in [0.15, 0.2) is 12.7 Å². The molecule has 1 aliphatic heterocycles. The highest BCUT2D eigenvalue weighted by Gasteiger charge is 2.45. The van der Waals surface area contributed by atoms with Crippen molar-refractivity contribution < 1.29 is 13.6 Å². The molecule has 1 unspecified atom stereocenters. The number of likely N-dealkylation sites (tertiary alicyclic amines) is 1. The Morgan fingerprint density at radius 2 is 2.36 bits per heavy atom. The van der Waals surface area contributed by atoms with Crippen LogP contribution in [0.25, 0.3) is 0 Å². The molecule has 1 aliphatic rings. The lowest BCUT2D eigenvalue weighted by atomic mass is 10.1. The molecule has 1 fully saturated rings. The quantitative estimate of drug-likeness (QED) is 0.644. The summed E-state index contributed by atoms with van der Waals surface area (Å²) in [7, 11) is 0. The van der Waals surface area contributed by atoms with E-state index in [4.69, 9.17) is 0 Å². The number of rotatable bonds is 3. The zero-order valence-corrected chi connectivity index (χ0v) is 8.30. The van der Waals surface area contributed by atoms with E-state index >= 15 is 0 Å². The van der Waals surface area contributed by atoms with Gasteiger partial charge >= 0.3 is 0 Å². The van der Waals surface area contributed by atoms with E-state index in [0.717, 1.165) is 12.5 Å². The molecule has 4 heteroatoms. The number of amides is 1. The van der Waals surface area contributed by atoms with E-state index in [9.17, 15) is 13.6 Å². The van der Waals surface area contributed by atoms with Gasteiger partial charge in [0.1, 0.15) is 0 Å². The highest BCUT2D eigenvalue weighted by molar-refractivity contribution is 5.87. The topological polar surface area (TPSA) is 20.3 Å². The van der Waals surface area contributed by atoms with Gasteiger partial charge in [-0.3, -0.25) is 4.79 Å². The number of alkyl halides is 2. The Morgan fingerprint density at radius 3 is 2.86 bits per heavy atom. The smallest absolute Gasteiger partial charge is 0.267 e. The normalized spacial score (nSPS) is 25.1. The Bertz CT molecular complexity index is 240. The van der Waals surface area contributed by atoms with E-state index in [1.165, 1.54) is 4.90 Å². The summed E-state index contributed by atoms with van der Waals surface area (Å²) in [6, 6.07) is -0.319. The molecule has 1 rings (SSSR count). The molecule has 0 N–H and O–H groups in total. The Labute approximate surface area is 82.6 Å². The molecule has 0 aromatic carbocycles. The van der Waals surface area contributed by atoms with E-state index < -0.39 is 12.5 Å². The van der Waals surface area contributed by atoms with Crippen LogP contribution in [0.2, 0.25) is 0 Å². The number of carbonyl (C=O) groups is 1. The summed E-state index contributed by atoms with van der Waals surface area (Å²) >= 11 is 0. The van der Waals surface area contributed by atoms with Gasteiger partial charge in [0.15, 0.2) is 0 Å². The summed E-state index contributed by atoms with van der Waals surface area (Å²) in [6.07, 6.45) is 2.33. The van der Waals surface area contributed by atoms with Crippen molar-refractivity contribution in [2.45, 2.75) is 38.2 Å². The molecule has 0 radical (unpaired) electrons. The molecular weight excluding hydrogens is 188 g/mol. The van der Waals surface area contributed by atoms with Gasteiger partial charge in [0.05, 0.1) is 6.54 Å². The maximum atomic E-state index is 13.0. The molecule has 0 aliphatic carbocycles. The average Bonchev–Trinajstić information content (AvgIpc) is 2.41. The summed E-state index contributed by atoms with van der Waals surface area (Å²) in [5, 5.41) is 0. The average molecular weight is 203 g/mol. The summed E-state index contributed by atoms with van der Waals surface area (Å²) in [5.41, 5.74) is 0. The fraction of sp³-hybridized carbons (Fsp3) is 0.700. The molecule has 0 spiro atoms. The van der Waals surface area contributed by atoms with Gasteiger partial charge in [-0.2, -0.15) is 0 Å². The van der Waals surface area contributed by atoms with Crippen LogP contribution in [0, 0.1) is 0 Å². The number of hydrogen-bond acceptors (Lipinski definition) is 1. The van der Waals surface area contributed by atoms with Gasteiger partial charge in [0.2, 0.25) is 5.91 Å². The van der Waals surface area contributed by atoms with Crippen molar-refractivity contribution in [2.24, 2.45) is 0 Å². The lowest BCUT2D eigenvalue weighted by Gasteiger charge is -2.21. The van der Waals surface area contributed by atoms with Gasteiger partial charge in [0.25, 0.3) is 5.92 Å². The maximum Gasteiger partial charge on any atom is 0.267 e. The molecule has 80 valence electrons. The number of nitrogens with zero attached hydrogens (tertiary/aromatic N) is 1. The first-order valence-corrected chi connectivity index (χ1v) is 4.81. The largest absolute Gasteiger partial charge is 0.330 e. The van der Waals surface area contributed by atoms with E-state index in [-0.39, 0.29) is 18.4 Å². The van der Waals surface area contributed by atoms with Crippen LogP contribution >= 0.6 is 0 Å². The summed E-state index contributed by atoms with van der Waals surface area (Å²) < 4.78 is 26.1. The van der Waals surface area contributed by atoms with Crippen LogP contribution in [0.1, 0.15) is 26.2 Å². The minimum atomic E-state index is -2.72. The predicted molar refractivity (Wildman–Crippen MR) is 50.2 cm³/mol. The molecule has 0 saturated carbocycles. The van der Waals surface area contributed by atoms with Crippen molar-refractivity contribution in [2.75, 3.05) is 6.54 Å².